The van der Waals surface area contributed by atoms with Crippen LogP contribution in [0.4, 0.5) is 9.18 Å². The molecule has 1 fully saturated rings. The van der Waals surface area contributed by atoms with Crippen molar-refractivity contribution in [3.8, 4) is 11.1 Å². The number of urea groups is 1. The molecule has 2 aliphatic heterocycles. The largest absolute Gasteiger partial charge is 0.464 e. The van der Waals surface area contributed by atoms with Crippen molar-refractivity contribution in [2.24, 2.45) is 0 Å². The van der Waals surface area contributed by atoms with E-state index in [9.17, 15) is 14.0 Å². The van der Waals surface area contributed by atoms with Gasteiger partial charge in [-0.25, -0.2) is 14.0 Å². The molecule has 3 aromatic rings. The number of nitrogens with zero attached hydrogens (tertiary/aromatic N) is 2. The van der Waals surface area contributed by atoms with Crippen molar-refractivity contribution in [3.05, 3.63) is 81.8 Å². The zero-order chi connectivity index (χ0) is 22.2. The number of thiophene rings is 1. The van der Waals surface area contributed by atoms with E-state index in [-0.39, 0.29) is 31.1 Å². The minimum Gasteiger partial charge on any atom is -0.464 e. The molecule has 1 aromatic heterocycles. The van der Waals surface area contributed by atoms with Gasteiger partial charge < -0.3 is 9.64 Å². The molecular weight excluding hydrogens is 431 g/mol. The number of halogens is 1. The van der Waals surface area contributed by atoms with Crippen LogP contribution >= 0.6 is 11.3 Å². The van der Waals surface area contributed by atoms with Crippen LogP contribution in [0.1, 0.15) is 35.0 Å². The van der Waals surface area contributed by atoms with Gasteiger partial charge in [-0.1, -0.05) is 42.5 Å². The van der Waals surface area contributed by atoms with Crippen molar-refractivity contribution in [2.75, 3.05) is 13.2 Å². The molecule has 2 aromatic carbocycles. The normalized spacial score (nSPS) is 19.2. The maximum absolute atomic E-state index is 13.5. The average molecular weight is 453 g/mol. The fraction of sp³-hybridized carbons (Fsp3) is 0.250. The summed E-state index contributed by atoms with van der Waals surface area (Å²) < 4.78 is 18.8. The third kappa shape index (κ3) is 3.45. The molecule has 5 rings (SSSR count). The van der Waals surface area contributed by atoms with E-state index in [0.717, 1.165) is 27.1 Å². The van der Waals surface area contributed by atoms with Crippen LogP contribution in [-0.4, -0.2) is 35.1 Å². The fourth-order valence-electron chi connectivity index (χ4n) is 4.26. The molecule has 2 aliphatic rings. The number of hydrogen-bond acceptors (Lipinski definition) is 5. The van der Waals surface area contributed by atoms with Crippen molar-refractivity contribution < 1.29 is 23.6 Å². The van der Waals surface area contributed by atoms with Gasteiger partial charge >= 0.3 is 12.0 Å². The molecular formula is C24H21FN2O4S. The summed E-state index contributed by atoms with van der Waals surface area (Å²) >= 11 is 1.47. The Morgan fingerprint density at radius 2 is 1.91 bits per heavy atom. The molecule has 2 amide bonds. The van der Waals surface area contributed by atoms with E-state index in [2.05, 4.69) is 0 Å². The van der Waals surface area contributed by atoms with Gasteiger partial charge in [0.25, 0.3) is 0 Å². The van der Waals surface area contributed by atoms with Gasteiger partial charge in [0.05, 0.1) is 13.2 Å². The van der Waals surface area contributed by atoms with E-state index < -0.39 is 12.0 Å². The van der Waals surface area contributed by atoms with E-state index in [4.69, 9.17) is 9.57 Å². The summed E-state index contributed by atoms with van der Waals surface area (Å²) in [7, 11) is 0. The molecule has 0 N–H and O–H groups in total. The zero-order valence-electron chi connectivity index (χ0n) is 17.4. The summed E-state index contributed by atoms with van der Waals surface area (Å²) in [6.07, 6.45) is 0. The predicted octanol–water partition coefficient (Wildman–Crippen LogP) is 5.08. The maximum Gasteiger partial charge on any atom is 0.345 e. The lowest BCUT2D eigenvalue weighted by Crippen LogP contribution is -2.39. The second-order valence-corrected chi connectivity index (χ2v) is 8.54. The maximum atomic E-state index is 13.5. The molecule has 2 bridgehead atoms. The lowest BCUT2D eigenvalue weighted by Gasteiger charge is -2.30. The Morgan fingerprint density at radius 3 is 2.62 bits per heavy atom. The smallest absolute Gasteiger partial charge is 0.345 e. The summed E-state index contributed by atoms with van der Waals surface area (Å²) in [6.45, 7) is 2.53. The van der Waals surface area contributed by atoms with Crippen LogP contribution < -0.4 is 0 Å². The Labute approximate surface area is 188 Å². The fourth-order valence-corrected chi connectivity index (χ4v) is 5.45. The van der Waals surface area contributed by atoms with Crippen LogP contribution in [0.5, 0.6) is 0 Å². The van der Waals surface area contributed by atoms with Crippen LogP contribution in [0.2, 0.25) is 0 Å². The summed E-state index contributed by atoms with van der Waals surface area (Å²) in [5.74, 6) is -0.813. The van der Waals surface area contributed by atoms with Crippen LogP contribution in [0.3, 0.4) is 0 Å². The van der Waals surface area contributed by atoms with Crippen molar-refractivity contribution in [3.63, 3.8) is 0 Å². The van der Waals surface area contributed by atoms with E-state index in [1.807, 2.05) is 35.7 Å². The van der Waals surface area contributed by atoms with Crippen molar-refractivity contribution in [1.82, 2.24) is 9.96 Å². The minimum absolute atomic E-state index is 0.209. The number of carbonyl (C=O) groups excluding carboxylic acids is 2. The van der Waals surface area contributed by atoms with Gasteiger partial charge in [0.15, 0.2) is 6.04 Å². The lowest BCUT2D eigenvalue weighted by atomic mass is 9.92. The molecule has 0 aliphatic carbocycles. The van der Waals surface area contributed by atoms with Crippen molar-refractivity contribution >= 4 is 23.3 Å². The first kappa shape index (κ1) is 20.7. The lowest BCUT2D eigenvalue weighted by molar-refractivity contribution is -0.148. The van der Waals surface area contributed by atoms with E-state index in [1.165, 1.54) is 33.4 Å². The topological polar surface area (TPSA) is 59.1 Å². The molecule has 164 valence electrons. The second kappa shape index (κ2) is 8.37. The zero-order valence-corrected chi connectivity index (χ0v) is 18.2. The van der Waals surface area contributed by atoms with Gasteiger partial charge in [0.2, 0.25) is 0 Å². The molecule has 3 heterocycles. The van der Waals surface area contributed by atoms with Gasteiger partial charge in [-0.2, -0.15) is 5.06 Å². The highest BCUT2D eigenvalue weighted by molar-refractivity contribution is 7.10. The van der Waals surface area contributed by atoms with Crippen LogP contribution in [-0.2, 0) is 21.0 Å². The summed E-state index contributed by atoms with van der Waals surface area (Å²) in [5, 5.41) is 3.32. The standard InChI is InChI=1S/C24H21FN2O4S/c1-2-30-23(28)21-20-18(16-8-10-17(25)11-9-16)14-32-22(20)19-12-26(21)24(29)27(19)31-13-15-6-4-3-5-7-15/h3-11,14,19,21H,2,12-13H2,1H3/t19-,21-/m0/s1. The predicted molar refractivity (Wildman–Crippen MR) is 117 cm³/mol. The minimum atomic E-state index is -0.870. The second-order valence-electron chi connectivity index (χ2n) is 7.62. The van der Waals surface area contributed by atoms with E-state index in [1.54, 1.807) is 19.1 Å². The Balaban J connectivity index is 1.54. The van der Waals surface area contributed by atoms with Gasteiger partial charge in [0, 0.05) is 10.4 Å². The molecule has 0 saturated carbocycles. The number of esters is 1. The third-order valence-electron chi connectivity index (χ3n) is 5.71. The molecule has 1 saturated heterocycles. The van der Waals surface area contributed by atoms with Gasteiger partial charge in [0.1, 0.15) is 18.5 Å². The van der Waals surface area contributed by atoms with Crippen LogP contribution in [0.25, 0.3) is 11.1 Å². The summed E-state index contributed by atoms with van der Waals surface area (Å²) in [5.41, 5.74) is 3.26. The quantitative estimate of drug-likeness (QED) is 0.489. The van der Waals surface area contributed by atoms with Crippen LogP contribution in [0.15, 0.2) is 60.0 Å². The highest BCUT2D eigenvalue weighted by Crippen LogP contribution is 2.51. The van der Waals surface area contributed by atoms with E-state index >= 15 is 0 Å². The molecule has 0 spiro atoms. The Morgan fingerprint density at radius 1 is 1.16 bits per heavy atom. The SMILES string of the molecule is CCOC(=O)[C@@H]1c2c(-c3ccc(F)cc3)csc2[C@@H]2CN1C(=O)N2OCc1ccccc1. The van der Waals surface area contributed by atoms with Crippen molar-refractivity contribution in [1.29, 1.82) is 0 Å². The highest BCUT2D eigenvalue weighted by Gasteiger charge is 2.53. The number of fused-ring (bicyclic) bond motifs is 4. The Hall–Kier alpha value is -3.23. The number of rotatable bonds is 6. The first-order valence-electron chi connectivity index (χ1n) is 10.4. The summed E-state index contributed by atoms with van der Waals surface area (Å²) in [4.78, 5) is 34.6. The number of amides is 2. The van der Waals surface area contributed by atoms with Gasteiger partial charge in [-0.05, 0) is 41.1 Å². The monoisotopic (exact) mass is 452 g/mol. The van der Waals surface area contributed by atoms with Crippen LogP contribution in [0, 0.1) is 5.82 Å². The Kier molecular flexibility index (Phi) is 5.40. The molecule has 8 heteroatoms. The average Bonchev–Trinajstić information content (AvgIpc) is 3.35. The Bertz CT molecular complexity index is 1150. The molecule has 0 radical (unpaired) electrons. The number of hydroxylamine groups is 2. The van der Waals surface area contributed by atoms with Gasteiger partial charge in [-0.15, -0.1) is 11.3 Å². The number of benzene rings is 2. The van der Waals surface area contributed by atoms with E-state index in [0.29, 0.717) is 6.54 Å². The molecule has 0 unspecified atom stereocenters. The first-order chi connectivity index (χ1) is 15.6. The highest BCUT2D eigenvalue weighted by atomic mass is 32.1. The number of ether oxygens (including phenoxy) is 1. The number of carbonyl (C=O) groups is 2. The molecule has 2 atom stereocenters. The third-order valence-corrected chi connectivity index (χ3v) is 6.81. The molecule has 32 heavy (non-hydrogen) atoms. The number of hydrogen-bond donors (Lipinski definition) is 0. The summed E-state index contributed by atoms with van der Waals surface area (Å²) in [6, 6.07) is 14.2. The van der Waals surface area contributed by atoms with Gasteiger partial charge in [-0.3, -0.25) is 4.84 Å². The molecule has 6 nitrogen and oxygen atoms in total. The van der Waals surface area contributed by atoms with Crippen molar-refractivity contribution in [2.45, 2.75) is 25.6 Å². The first-order valence-corrected chi connectivity index (χ1v) is 11.3.